The number of aryl methyl sites for hydroxylation is 2. The Labute approximate surface area is 161 Å². The number of ether oxygens (including phenoxy) is 1. The van der Waals surface area contributed by atoms with Gasteiger partial charge < -0.3 is 9.30 Å². The van der Waals surface area contributed by atoms with E-state index in [1.165, 1.54) is 4.57 Å². The minimum absolute atomic E-state index is 0.323. The van der Waals surface area contributed by atoms with Crippen LogP contribution in [-0.2, 0) is 13.6 Å². The molecule has 3 aromatic rings. The Hall–Kier alpha value is -3.36. The van der Waals surface area contributed by atoms with E-state index in [4.69, 9.17) is 4.74 Å². The van der Waals surface area contributed by atoms with E-state index in [2.05, 4.69) is 27.4 Å². The predicted octanol–water partition coefficient (Wildman–Crippen LogP) is 2.07. The third kappa shape index (κ3) is 3.98. The number of anilines is 1. The second-order valence-corrected chi connectivity index (χ2v) is 6.30. The molecule has 148 valence electrons. The van der Waals surface area contributed by atoms with Crippen molar-refractivity contribution in [2.45, 2.75) is 33.2 Å². The van der Waals surface area contributed by atoms with E-state index in [-0.39, 0.29) is 0 Å². The molecule has 0 amide bonds. The predicted molar refractivity (Wildman–Crippen MR) is 109 cm³/mol. The van der Waals surface area contributed by atoms with Gasteiger partial charge in [0.1, 0.15) is 5.75 Å². The van der Waals surface area contributed by atoms with Crippen LogP contribution in [0, 0.1) is 0 Å². The molecule has 0 atom stereocenters. The fourth-order valence-electron chi connectivity index (χ4n) is 2.84. The molecule has 0 aliphatic rings. The second-order valence-electron chi connectivity index (χ2n) is 6.30. The fraction of sp³-hybridized carbons (Fsp3) is 0.368. The van der Waals surface area contributed by atoms with E-state index in [0.29, 0.717) is 30.3 Å². The number of aromatic nitrogens is 4. The van der Waals surface area contributed by atoms with Gasteiger partial charge in [0.05, 0.1) is 12.8 Å². The first-order valence-corrected chi connectivity index (χ1v) is 9.26. The molecule has 0 radical (unpaired) electrons. The van der Waals surface area contributed by atoms with Crippen LogP contribution in [0.25, 0.3) is 11.2 Å². The number of H-pyrrole nitrogens is 1. The smallest absolute Gasteiger partial charge is 0.329 e. The molecule has 0 aliphatic carbocycles. The number of rotatable bonds is 8. The van der Waals surface area contributed by atoms with Crippen LogP contribution in [0.15, 0.2) is 39.0 Å². The lowest BCUT2D eigenvalue weighted by Gasteiger charge is -2.07. The molecule has 0 spiro atoms. The highest BCUT2D eigenvalue weighted by Crippen LogP contribution is 2.16. The molecule has 2 heterocycles. The SMILES string of the molecule is CCCCn1c(N/N=C/c2ccc(OCC)cc2)nc2c1c(=O)[nH]c(=O)n2C. The van der Waals surface area contributed by atoms with Crippen LogP contribution in [0.1, 0.15) is 32.3 Å². The molecule has 9 heteroatoms. The summed E-state index contributed by atoms with van der Waals surface area (Å²) in [6, 6.07) is 7.53. The van der Waals surface area contributed by atoms with Gasteiger partial charge in [-0.05, 0) is 43.2 Å². The van der Waals surface area contributed by atoms with Crippen LogP contribution in [0.2, 0.25) is 0 Å². The molecule has 0 aliphatic heterocycles. The molecule has 0 unspecified atom stereocenters. The molecular formula is C19H24N6O3. The van der Waals surface area contributed by atoms with E-state index >= 15 is 0 Å². The number of hydrazone groups is 1. The van der Waals surface area contributed by atoms with Gasteiger partial charge in [0.15, 0.2) is 11.2 Å². The Balaban J connectivity index is 1.91. The largest absolute Gasteiger partial charge is 0.494 e. The van der Waals surface area contributed by atoms with Gasteiger partial charge in [-0.1, -0.05) is 13.3 Å². The van der Waals surface area contributed by atoms with Crippen molar-refractivity contribution in [2.75, 3.05) is 12.0 Å². The molecule has 2 aromatic heterocycles. The first-order valence-electron chi connectivity index (χ1n) is 9.26. The van der Waals surface area contributed by atoms with Crippen molar-refractivity contribution >= 4 is 23.3 Å². The maximum absolute atomic E-state index is 12.3. The van der Waals surface area contributed by atoms with Crippen LogP contribution < -0.4 is 21.4 Å². The monoisotopic (exact) mass is 384 g/mol. The first kappa shape index (κ1) is 19.4. The molecule has 0 saturated heterocycles. The van der Waals surface area contributed by atoms with Crippen LogP contribution >= 0.6 is 0 Å². The summed E-state index contributed by atoms with van der Waals surface area (Å²) in [7, 11) is 1.57. The molecule has 1 aromatic carbocycles. The standard InChI is InChI=1S/C19H24N6O3/c1-4-6-11-25-15-16(24(3)19(27)22-17(15)26)21-18(25)23-20-12-13-7-9-14(10-8-13)28-5-2/h7-10,12H,4-6,11H2,1-3H3,(H,21,23)(H,22,26,27)/b20-12+. The topological polar surface area (TPSA) is 106 Å². The molecule has 2 N–H and O–H groups in total. The van der Waals surface area contributed by atoms with Gasteiger partial charge >= 0.3 is 5.69 Å². The number of imidazole rings is 1. The summed E-state index contributed by atoms with van der Waals surface area (Å²) in [4.78, 5) is 30.9. The third-order valence-electron chi connectivity index (χ3n) is 4.31. The molecule has 3 rings (SSSR count). The number of aromatic amines is 1. The number of nitrogens with zero attached hydrogens (tertiary/aromatic N) is 4. The number of unbranched alkanes of at least 4 members (excludes halogenated alkanes) is 1. The maximum Gasteiger partial charge on any atom is 0.329 e. The summed E-state index contributed by atoms with van der Waals surface area (Å²) in [5, 5.41) is 4.23. The maximum atomic E-state index is 12.3. The minimum atomic E-state index is -0.498. The average Bonchev–Trinajstić information content (AvgIpc) is 3.05. The quantitative estimate of drug-likeness (QED) is 0.457. The number of benzene rings is 1. The van der Waals surface area contributed by atoms with Gasteiger partial charge in [-0.3, -0.25) is 14.3 Å². The zero-order valence-corrected chi connectivity index (χ0v) is 16.2. The lowest BCUT2D eigenvalue weighted by Crippen LogP contribution is -2.29. The molecule has 0 bridgehead atoms. The summed E-state index contributed by atoms with van der Waals surface area (Å²) in [5.41, 5.74) is 3.51. The summed E-state index contributed by atoms with van der Waals surface area (Å²) in [6.45, 7) is 5.21. The van der Waals surface area contributed by atoms with Crippen molar-refractivity contribution in [2.24, 2.45) is 12.1 Å². The Morgan fingerprint density at radius 3 is 2.68 bits per heavy atom. The van der Waals surface area contributed by atoms with Crippen LogP contribution in [0.3, 0.4) is 0 Å². The number of fused-ring (bicyclic) bond motifs is 1. The van der Waals surface area contributed by atoms with E-state index < -0.39 is 11.2 Å². The van der Waals surface area contributed by atoms with Crippen LogP contribution in [0.4, 0.5) is 5.95 Å². The molecule has 28 heavy (non-hydrogen) atoms. The van der Waals surface area contributed by atoms with E-state index in [1.54, 1.807) is 17.8 Å². The van der Waals surface area contributed by atoms with Gasteiger partial charge in [-0.25, -0.2) is 10.2 Å². The molecule has 9 nitrogen and oxygen atoms in total. The van der Waals surface area contributed by atoms with Gasteiger partial charge in [-0.2, -0.15) is 10.1 Å². The molecular weight excluding hydrogens is 360 g/mol. The van der Waals surface area contributed by atoms with E-state index in [9.17, 15) is 9.59 Å². The lowest BCUT2D eigenvalue weighted by atomic mass is 10.2. The van der Waals surface area contributed by atoms with Crippen molar-refractivity contribution in [3.05, 3.63) is 50.7 Å². The summed E-state index contributed by atoms with van der Waals surface area (Å²) >= 11 is 0. The fourth-order valence-corrected chi connectivity index (χ4v) is 2.84. The Morgan fingerprint density at radius 2 is 2.00 bits per heavy atom. The van der Waals surface area contributed by atoms with Gasteiger partial charge in [-0.15, -0.1) is 0 Å². The highest BCUT2D eigenvalue weighted by atomic mass is 16.5. The first-order chi connectivity index (χ1) is 13.5. The highest BCUT2D eigenvalue weighted by Gasteiger charge is 2.16. The Kier molecular flexibility index (Phi) is 5.93. The van der Waals surface area contributed by atoms with Crippen molar-refractivity contribution in [3.8, 4) is 5.75 Å². The average molecular weight is 384 g/mol. The number of hydrogen-bond donors (Lipinski definition) is 2. The second kappa shape index (κ2) is 8.55. The highest BCUT2D eigenvalue weighted by molar-refractivity contribution is 5.80. The minimum Gasteiger partial charge on any atom is -0.494 e. The molecule has 0 saturated carbocycles. The summed E-state index contributed by atoms with van der Waals surface area (Å²) in [5.74, 6) is 1.21. The van der Waals surface area contributed by atoms with Gasteiger partial charge in [0.25, 0.3) is 5.56 Å². The zero-order valence-electron chi connectivity index (χ0n) is 16.2. The van der Waals surface area contributed by atoms with E-state index in [0.717, 1.165) is 24.2 Å². The summed E-state index contributed by atoms with van der Waals surface area (Å²) < 4.78 is 8.50. The van der Waals surface area contributed by atoms with Crippen molar-refractivity contribution in [3.63, 3.8) is 0 Å². The number of nitrogens with one attached hydrogen (secondary N) is 2. The normalized spacial score (nSPS) is 11.4. The Morgan fingerprint density at radius 1 is 1.25 bits per heavy atom. The van der Waals surface area contributed by atoms with Crippen LogP contribution in [0.5, 0.6) is 5.75 Å². The van der Waals surface area contributed by atoms with Gasteiger partial charge in [0.2, 0.25) is 5.95 Å². The summed E-state index contributed by atoms with van der Waals surface area (Å²) in [6.07, 6.45) is 3.48. The van der Waals surface area contributed by atoms with Crippen LogP contribution in [-0.4, -0.2) is 31.9 Å². The Bertz CT molecular complexity index is 1090. The van der Waals surface area contributed by atoms with Gasteiger partial charge in [0, 0.05) is 13.6 Å². The lowest BCUT2D eigenvalue weighted by molar-refractivity contribution is 0.340. The number of hydrogen-bond acceptors (Lipinski definition) is 6. The molecule has 0 fully saturated rings. The van der Waals surface area contributed by atoms with Crippen molar-refractivity contribution in [1.29, 1.82) is 0 Å². The van der Waals surface area contributed by atoms with Crippen molar-refractivity contribution < 1.29 is 4.74 Å². The zero-order chi connectivity index (χ0) is 20.1. The van der Waals surface area contributed by atoms with E-state index in [1.807, 2.05) is 31.2 Å². The third-order valence-corrected chi connectivity index (χ3v) is 4.31. The van der Waals surface area contributed by atoms with Crippen molar-refractivity contribution in [1.82, 2.24) is 19.1 Å².